The first-order valence-corrected chi connectivity index (χ1v) is 5.22. The van der Waals surface area contributed by atoms with Gasteiger partial charge in [-0.15, -0.1) is 0 Å². The van der Waals surface area contributed by atoms with Gasteiger partial charge in [-0.3, -0.25) is 0 Å². The minimum atomic E-state index is 0.615. The maximum atomic E-state index is 5.71. The molecule has 0 spiro atoms. The Labute approximate surface area is 89.6 Å². The van der Waals surface area contributed by atoms with Crippen molar-refractivity contribution in [2.75, 3.05) is 36.5 Å². The topological polar surface area (TPSA) is 73.3 Å². The number of hydrogen-bond acceptors (Lipinski definition) is 4. The highest BCUT2D eigenvalue weighted by Gasteiger charge is 2.14. The Balaban J connectivity index is 1.90. The van der Waals surface area contributed by atoms with Crippen molar-refractivity contribution in [2.24, 2.45) is 5.92 Å². The molecule has 0 saturated carbocycles. The predicted molar refractivity (Wildman–Crippen MR) is 62.7 cm³/mol. The van der Waals surface area contributed by atoms with E-state index in [4.69, 9.17) is 16.2 Å². The molecule has 0 bridgehead atoms. The molecule has 2 rings (SSSR count). The van der Waals surface area contributed by atoms with E-state index in [0.29, 0.717) is 17.3 Å². The lowest BCUT2D eigenvalue weighted by Gasteiger charge is -2.11. The van der Waals surface area contributed by atoms with Gasteiger partial charge in [0, 0.05) is 24.8 Å². The third-order valence-electron chi connectivity index (χ3n) is 2.71. The second kappa shape index (κ2) is 4.40. The first-order valence-electron chi connectivity index (χ1n) is 5.22. The van der Waals surface area contributed by atoms with Crippen LogP contribution in [0.2, 0.25) is 0 Å². The molecule has 82 valence electrons. The molecule has 1 atom stereocenters. The van der Waals surface area contributed by atoms with Crippen LogP contribution >= 0.6 is 0 Å². The summed E-state index contributed by atoms with van der Waals surface area (Å²) < 4.78 is 5.30. The van der Waals surface area contributed by atoms with Crippen molar-refractivity contribution in [2.45, 2.75) is 6.42 Å². The molecule has 0 radical (unpaired) electrons. The van der Waals surface area contributed by atoms with Crippen LogP contribution in [0.25, 0.3) is 0 Å². The van der Waals surface area contributed by atoms with E-state index in [-0.39, 0.29) is 0 Å². The smallest absolute Gasteiger partial charge is 0.0568 e. The number of ether oxygens (including phenoxy) is 1. The van der Waals surface area contributed by atoms with Crippen LogP contribution in [-0.2, 0) is 4.74 Å². The Morgan fingerprint density at radius 1 is 1.33 bits per heavy atom. The Hall–Kier alpha value is -1.42. The molecular weight excluding hydrogens is 190 g/mol. The fourth-order valence-electron chi connectivity index (χ4n) is 1.69. The van der Waals surface area contributed by atoms with Crippen molar-refractivity contribution >= 4 is 17.1 Å². The lowest BCUT2D eigenvalue weighted by Crippen LogP contribution is -2.14. The Kier molecular flexibility index (Phi) is 2.97. The highest BCUT2D eigenvalue weighted by atomic mass is 16.5. The summed E-state index contributed by atoms with van der Waals surface area (Å²) in [5.74, 6) is 0.615. The molecule has 0 amide bonds. The summed E-state index contributed by atoms with van der Waals surface area (Å²) >= 11 is 0. The fourth-order valence-corrected chi connectivity index (χ4v) is 1.69. The molecule has 1 heterocycles. The van der Waals surface area contributed by atoms with Crippen molar-refractivity contribution in [3.63, 3.8) is 0 Å². The molecule has 1 fully saturated rings. The lowest BCUT2D eigenvalue weighted by molar-refractivity contribution is 0.187. The molecule has 1 aliphatic heterocycles. The summed E-state index contributed by atoms with van der Waals surface area (Å²) in [6.07, 6.45) is 1.14. The average molecular weight is 207 g/mol. The number of nitrogens with one attached hydrogen (secondary N) is 1. The highest BCUT2D eigenvalue weighted by molar-refractivity contribution is 5.69. The van der Waals surface area contributed by atoms with Crippen LogP contribution in [0.5, 0.6) is 0 Å². The van der Waals surface area contributed by atoms with Gasteiger partial charge in [-0.1, -0.05) is 0 Å². The van der Waals surface area contributed by atoms with Crippen LogP contribution in [0, 0.1) is 5.92 Å². The molecule has 15 heavy (non-hydrogen) atoms. The van der Waals surface area contributed by atoms with E-state index >= 15 is 0 Å². The minimum Gasteiger partial charge on any atom is -0.397 e. The highest BCUT2D eigenvalue weighted by Crippen LogP contribution is 2.20. The maximum absolute atomic E-state index is 5.71. The number of rotatable bonds is 3. The second-order valence-electron chi connectivity index (χ2n) is 3.95. The van der Waals surface area contributed by atoms with E-state index in [0.717, 1.165) is 31.9 Å². The zero-order valence-corrected chi connectivity index (χ0v) is 8.70. The van der Waals surface area contributed by atoms with Crippen LogP contribution in [0.3, 0.4) is 0 Å². The van der Waals surface area contributed by atoms with Gasteiger partial charge < -0.3 is 21.5 Å². The Morgan fingerprint density at radius 3 is 2.87 bits per heavy atom. The van der Waals surface area contributed by atoms with Crippen molar-refractivity contribution in [3.8, 4) is 0 Å². The SMILES string of the molecule is Nc1ccc(NCC2CCOC2)cc1N. The predicted octanol–water partition coefficient (Wildman–Crippen LogP) is 1.30. The van der Waals surface area contributed by atoms with Crippen molar-refractivity contribution in [3.05, 3.63) is 18.2 Å². The molecule has 1 aromatic carbocycles. The zero-order valence-electron chi connectivity index (χ0n) is 8.70. The summed E-state index contributed by atoms with van der Waals surface area (Å²) in [5.41, 5.74) is 13.6. The molecule has 1 saturated heterocycles. The molecule has 1 aromatic rings. The lowest BCUT2D eigenvalue weighted by atomic mass is 10.1. The van der Waals surface area contributed by atoms with Crippen LogP contribution < -0.4 is 16.8 Å². The van der Waals surface area contributed by atoms with Crippen molar-refractivity contribution in [1.29, 1.82) is 0 Å². The zero-order chi connectivity index (χ0) is 10.7. The van der Waals surface area contributed by atoms with E-state index in [1.165, 1.54) is 0 Å². The number of nitrogen functional groups attached to an aromatic ring is 2. The van der Waals surface area contributed by atoms with Gasteiger partial charge in [0.15, 0.2) is 0 Å². The van der Waals surface area contributed by atoms with Gasteiger partial charge in [0.05, 0.1) is 18.0 Å². The minimum absolute atomic E-state index is 0.615. The van der Waals surface area contributed by atoms with Gasteiger partial charge >= 0.3 is 0 Å². The number of hydrogen-bond donors (Lipinski definition) is 3. The average Bonchev–Trinajstić information content (AvgIpc) is 2.73. The first kappa shape index (κ1) is 10.1. The van der Waals surface area contributed by atoms with Gasteiger partial charge in [0.25, 0.3) is 0 Å². The molecule has 0 aromatic heterocycles. The van der Waals surface area contributed by atoms with Gasteiger partial charge in [0.1, 0.15) is 0 Å². The first-order chi connectivity index (χ1) is 7.25. The summed E-state index contributed by atoms with van der Waals surface area (Å²) in [5, 5.41) is 3.34. The van der Waals surface area contributed by atoms with Crippen molar-refractivity contribution < 1.29 is 4.74 Å². The standard InChI is InChI=1S/C11H17N3O/c12-10-2-1-9(5-11(10)13)14-6-8-3-4-15-7-8/h1-2,5,8,14H,3-4,6-7,12-13H2. The molecular formula is C11H17N3O. The van der Waals surface area contributed by atoms with Crippen molar-refractivity contribution in [1.82, 2.24) is 0 Å². The summed E-state index contributed by atoms with van der Waals surface area (Å²) in [6, 6.07) is 5.63. The van der Waals surface area contributed by atoms with E-state index < -0.39 is 0 Å². The maximum Gasteiger partial charge on any atom is 0.0568 e. The number of nitrogens with two attached hydrogens (primary N) is 2. The molecule has 1 aliphatic rings. The fraction of sp³-hybridized carbons (Fsp3) is 0.455. The van der Waals surface area contributed by atoms with Gasteiger partial charge in [-0.2, -0.15) is 0 Å². The summed E-state index contributed by atoms with van der Waals surface area (Å²) in [4.78, 5) is 0. The molecule has 0 aliphatic carbocycles. The van der Waals surface area contributed by atoms with E-state index in [9.17, 15) is 0 Å². The second-order valence-corrected chi connectivity index (χ2v) is 3.95. The Morgan fingerprint density at radius 2 is 2.20 bits per heavy atom. The molecule has 4 nitrogen and oxygen atoms in total. The molecule has 5 N–H and O–H groups in total. The number of benzene rings is 1. The molecule has 4 heteroatoms. The van der Waals surface area contributed by atoms with E-state index in [1.807, 2.05) is 18.2 Å². The summed E-state index contributed by atoms with van der Waals surface area (Å²) in [7, 11) is 0. The quantitative estimate of drug-likeness (QED) is 0.653. The van der Waals surface area contributed by atoms with E-state index in [2.05, 4.69) is 5.32 Å². The Bertz CT molecular complexity index is 335. The summed E-state index contributed by atoms with van der Waals surface area (Å²) in [6.45, 7) is 2.68. The van der Waals surface area contributed by atoms with Crippen LogP contribution in [0.15, 0.2) is 18.2 Å². The van der Waals surface area contributed by atoms with Crippen LogP contribution in [-0.4, -0.2) is 19.8 Å². The third-order valence-corrected chi connectivity index (χ3v) is 2.71. The molecule has 1 unspecified atom stereocenters. The van der Waals surface area contributed by atoms with Gasteiger partial charge in [0.2, 0.25) is 0 Å². The van der Waals surface area contributed by atoms with Crippen LogP contribution in [0.4, 0.5) is 17.1 Å². The normalized spacial score (nSPS) is 20.4. The third kappa shape index (κ3) is 2.53. The van der Waals surface area contributed by atoms with Crippen LogP contribution in [0.1, 0.15) is 6.42 Å². The number of anilines is 3. The van der Waals surface area contributed by atoms with E-state index in [1.54, 1.807) is 0 Å². The van der Waals surface area contributed by atoms with Gasteiger partial charge in [-0.05, 0) is 24.6 Å². The monoisotopic (exact) mass is 207 g/mol. The van der Waals surface area contributed by atoms with Gasteiger partial charge in [-0.25, -0.2) is 0 Å². The largest absolute Gasteiger partial charge is 0.397 e.